The largest absolute Gasteiger partial charge is 0.395 e. The Morgan fingerprint density at radius 1 is 1.42 bits per heavy atom. The van der Waals surface area contributed by atoms with Gasteiger partial charge in [0.05, 0.1) is 6.61 Å². The fourth-order valence-corrected chi connectivity index (χ4v) is 1.71. The number of rotatable bonds is 5. The van der Waals surface area contributed by atoms with E-state index < -0.39 is 0 Å². The summed E-state index contributed by atoms with van der Waals surface area (Å²) in [7, 11) is 2.00. The molecule has 0 radical (unpaired) electrons. The van der Waals surface area contributed by atoms with E-state index in [1.807, 2.05) is 13.1 Å². The lowest BCUT2D eigenvalue weighted by atomic mass is 10.1. The molecule has 19 heavy (non-hydrogen) atoms. The van der Waals surface area contributed by atoms with Gasteiger partial charge in [-0.05, 0) is 32.5 Å². The van der Waals surface area contributed by atoms with Crippen LogP contribution in [-0.2, 0) is 6.54 Å². The van der Waals surface area contributed by atoms with Gasteiger partial charge in [-0.3, -0.25) is 4.90 Å². The first-order valence-corrected chi connectivity index (χ1v) is 6.66. The summed E-state index contributed by atoms with van der Waals surface area (Å²) < 4.78 is 13.9. The van der Waals surface area contributed by atoms with Crippen molar-refractivity contribution in [3.63, 3.8) is 0 Å². The summed E-state index contributed by atoms with van der Waals surface area (Å²) in [5.41, 5.74) is 1.34. The number of aliphatic hydroxyl groups is 1. The van der Waals surface area contributed by atoms with Crippen molar-refractivity contribution in [2.24, 2.45) is 0 Å². The van der Waals surface area contributed by atoms with Gasteiger partial charge in [0, 0.05) is 30.1 Å². The van der Waals surface area contributed by atoms with Gasteiger partial charge in [0.2, 0.25) is 0 Å². The molecule has 0 heterocycles. The molecule has 0 aromatic heterocycles. The maximum absolute atomic E-state index is 13.9. The quantitative estimate of drug-likeness (QED) is 0.826. The second kappa shape index (κ2) is 7.93. The molecule has 0 aliphatic rings. The minimum atomic E-state index is -0.217. The summed E-state index contributed by atoms with van der Waals surface area (Å²) in [6, 6.07) is 5.51. The Labute approximate surface area is 115 Å². The van der Waals surface area contributed by atoms with Gasteiger partial charge < -0.3 is 5.11 Å². The van der Waals surface area contributed by atoms with E-state index in [9.17, 15) is 4.39 Å². The highest BCUT2D eigenvalue weighted by atomic mass is 19.1. The third-order valence-corrected chi connectivity index (χ3v) is 3.29. The van der Waals surface area contributed by atoms with Crippen LogP contribution in [-0.4, -0.2) is 29.7 Å². The molecule has 1 N–H and O–H groups in total. The van der Waals surface area contributed by atoms with Gasteiger partial charge in [0.25, 0.3) is 0 Å². The van der Waals surface area contributed by atoms with E-state index >= 15 is 0 Å². The Balaban J connectivity index is 2.75. The zero-order valence-electron chi connectivity index (χ0n) is 11.9. The predicted octanol–water partition coefficient (Wildman–Crippen LogP) is 2.79. The molecule has 0 bridgehead atoms. The van der Waals surface area contributed by atoms with Crippen LogP contribution in [0.1, 0.15) is 37.8 Å². The van der Waals surface area contributed by atoms with Crippen molar-refractivity contribution >= 4 is 0 Å². The van der Waals surface area contributed by atoms with Crippen molar-refractivity contribution in [2.75, 3.05) is 13.7 Å². The monoisotopic (exact) mass is 263 g/mol. The van der Waals surface area contributed by atoms with E-state index in [0.29, 0.717) is 30.1 Å². The van der Waals surface area contributed by atoms with Gasteiger partial charge in [-0.25, -0.2) is 4.39 Å². The van der Waals surface area contributed by atoms with Crippen LogP contribution in [0.25, 0.3) is 0 Å². The highest BCUT2D eigenvalue weighted by molar-refractivity contribution is 5.37. The number of nitrogens with zero attached hydrogens (tertiary/aromatic N) is 1. The zero-order chi connectivity index (χ0) is 14.3. The minimum Gasteiger partial charge on any atom is -0.395 e. The van der Waals surface area contributed by atoms with Crippen molar-refractivity contribution < 1.29 is 9.50 Å². The highest BCUT2D eigenvalue weighted by Crippen LogP contribution is 2.14. The van der Waals surface area contributed by atoms with Crippen LogP contribution in [0, 0.1) is 17.7 Å². The van der Waals surface area contributed by atoms with Crippen LogP contribution in [0.15, 0.2) is 18.2 Å². The summed E-state index contributed by atoms with van der Waals surface area (Å²) in [6.07, 6.45) is 1.46. The molecule has 0 aliphatic heterocycles. The summed E-state index contributed by atoms with van der Waals surface area (Å²) in [5.74, 6) is 5.41. The molecule has 0 spiro atoms. The molecule has 1 aromatic carbocycles. The molecule has 104 valence electrons. The van der Waals surface area contributed by atoms with Crippen LogP contribution < -0.4 is 0 Å². The number of aliphatic hydroxyl groups excluding tert-OH is 1. The molecule has 3 heteroatoms. The Morgan fingerprint density at radius 2 is 2.16 bits per heavy atom. The fraction of sp³-hybridized carbons (Fsp3) is 0.500. The Bertz CT molecular complexity index is 462. The van der Waals surface area contributed by atoms with Crippen molar-refractivity contribution in [1.29, 1.82) is 0 Å². The van der Waals surface area contributed by atoms with Crippen molar-refractivity contribution in [1.82, 2.24) is 4.90 Å². The average Bonchev–Trinajstić information content (AvgIpc) is 2.41. The third-order valence-electron chi connectivity index (χ3n) is 3.29. The molecule has 1 unspecified atom stereocenters. The van der Waals surface area contributed by atoms with E-state index in [2.05, 4.69) is 30.6 Å². The lowest BCUT2D eigenvalue weighted by Gasteiger charge is -2.23. The zero-order valence-corrected chi connectivity index (χ0v) is 11.9. The Kier molecular flexibility index (Phi) is 6.55. The Morgan fingerprint density at radius 3 is 2.74 bits per heavy atom. The summed E-state index contributed by atoms with van der Waals surface area (Å²) >= 11 is 0. The molecule has 0 fully saturated rings. The van der Waals surface area contributed by atoms with E-state index in [1.54, 1.807) is 6.07 Å². The molecule has 0 amide bonds. The summed E-state index contributed by atoms with van der Waals surface area (Å²) in [6.45, 7) is 4.89. The van der Waals surface area contributed by atoms with E-state index in [4.69, 9.17) is 5.11 Å². The van der Waals surface area contributed by atoms with Gasteiger partial charge in [-0.2, -0.15) is 0 Å². The topological polar surface area (TPSA) is 23.5 Å². The SMILES string of the molecule is CCC(C)N(C)Cc1ccc(C#CCCO)cc1F. The number of benzene rings is 1. The van der Waals surface area contributed by atoms with Crippen LogP contribution in [0.3, 0.4) is 0 Å². The third kappa shape index (κ3) is 5.02. The number of hydrogen-bond donors (Lipinski definition) is 1. The smallest absolute Gasteiger partial charge is 0.128 e. The molecule has 0 saturated carbocycles. The normalized spacial score (nSPS) is 12.1. The number of halogens is 1. The Hall–Kier alpha value is -1.37. The first-order valence-electron chi connectivity index (χ1n) is 6.66. The van der Waals surface area contributed by atoms with E-state index in [0.717, 1.165) is 6.42 Å². The summed E-state index contributed by atoms with van der Waals surface area (Å²) in [5, 5.41) is 8.64. The molecule has 0 aliphatic carbocycles. The van der Waals surface area contributed by atoms with Gasteiger partial charge in [-0.1, -0.05) is 24.8 Å². The van der Waals surface area contributed by atoms with Crippen LogP contribution in [0.5, 0.6) is 0 Å². The minimum absolute atomic E-state index is 0.0350. The second-order valence-electron chi connectivity index (χ2n) is 4.75. The number of hydrogen-bond acceptors (Lipinski definition) is 2. The second-order valence-corrected chi connectivity index (χ2v) is 4.75. The van der Waals surface area contributed by atoms with Gasteiger partial charge in [-0.15, -0.1) is 0 Å². The van der Waals surface area contributed by atoms with Gasteiger partial charge in [0.15, 0.2) is 0 Å². The van der Waals surface area contributed by atoms with Crippen LogP contribution in [0.4, 0.5) is 4.39 Å². The maximum Gasteiger partial charge on any atom is 0.128 e. The molecular weight excluding hydrogens is 241 g/mol. The molecule has 1 atom stereocenters. The first kappa shape index (κ1) is 15.7. The lowest BCUT2D eigenvalue weighted by molar-refractivity contribution is 0.240. The van der Waals surface area contributed by atoms with Crippen LogP contribution in [0.2, 0.25) is 0 Å². The van der Waals surface area contributed by atoms with E-state index in [1.165, 1.54) is 6.07 Å². The maximum atomic E-state index is 13.9. The summed E-state index contributed by atoms with van der Waals surface area (Å²) in [4.78, 5) is 2.13. The van der Waals surface area contributed by atoms with Crippen molar-refractivity contribution in [2.45, 2.75) is 39.3 Å². The van der Waals surface area contributed by atoms with Crippen LogP contribution >= 0.6 is 0 Å². The lowest BCUT2D eigenvalue weighted by Crippen LogP contribution is -2.28. The molecular formula is C16H22FNO. The van der Waals surface area contributed by atoms with Crippen molar-refractivity contribution in [3.05, 3.63) is 35.1 Å². The predicted molar refractivity (Wildman–Crippen MR) is 76.2 cm³/mol. The fourth-order valence-electron chi connectivity index (χ4n) is 1.71. The van der Waals surface area contributed by atoms with Crippen molar-refractivity contribution in [3.8, 4) is 11.8 Å². The first-order chi connectivity index (χ1) is 9.08. The molecule has 1 aromatic rings. The molecule has 0 saturated heterocycles. The van der Waals surface area contributed by atoms with Gasteiger partial charge in [0.1, 0.15) is 5.82 Å². The molecule has 1 rings (SSSR count). The molecule has 2 nitrogen and oxygen atoms in total. The van der Waals surface area contributed by atoms with E-state index in [-0.39, 0.29) is 12.4 Å². The average molecular weight is 263 g/mol. The van der Waals surface area contributed by atoms with Gasteiger partial charge >= 0.3 is 0 Å². The highest BCUT2D eigenvalue weighted by Gasteiger charge is 2.10. The standard InChI is InChI=1S/C16H22FNO/c1-4-13(2)18(3)12-15-9-8-14(11-16(15)17)7-5-6-10-19/h8-9,11,13,19H,4,6,10,12H2,1-3H3.